The van der Waals surface area contributed by atoms with Gasteiger partial charge in [-0.05, 0) is 42.0 Å². The van der Waals surface area contributed by atoms with Crippen LogP contribution >= 0.6 is 0 Å². The third-order valence-electron chi connectivity index (χ3n) is 3.42. The number of ether oxygens (including phenoxy) is 1. The summed E-state index contributed by atoms with van der Waals surface area (Å²) in [5, 5.41) is 11.6. The average molecular weight is 318 g/mol. The van der Waals surface area contributed by atoms with Gasteiger partial charge in [-0.25, -0.2) is 4.98 Å². The summed E-state index contributed by atoms with van der Waals surface area (Å²) >= 11 is 0. The lowest BCUT2D eigenvalue weighted by Gasteiger charge is -2.05. The predicted molar refractivity (Wildman–Crippen MR) is 95.2 cm³/mol. The van der Waals surface area contributed by atoms with Gasteiger partial charge in [-0.15, -0.1) is 5.11 Å². The molecule has 0 spiro atoms. The first-order chi connectivity index (χ1) is 11.8. The zero-order valence-corrected chi connectivity index (χ0v) is 13.4. The maximum absolute atomic E-state index is 5.11. The number of methoxy groups -OCH3 is 1. The van der Waals surface area contributed by atoms with E-state index in [1.54, 1.807) is 13.3 Å². The number of nitrogens with zero attached hydrogens (tertiary/aromatic N) is 3. The molecule has 0 radical (unpaired) electrons. The fourth-order valence-corrected chi connectivity index (χ4v) is 2.10. The second kappa shape index (κ2) is 7.87. The summed E-state index contributed by atoms with van der Waals surface area (Å²) in [5.74, 6) is 1.60. The molecule has 1 heterocycles. The summed E-state index contributed by atoms with van der Waals surface area (Å²) in [6.07, 6.45) is 1.69. The predicted octanol–water partition coefficient (Wildman–Crippen LogP) is 5.12. The lowest BCUT2D eigenvalue weighted by Crippen LogP contribution is -2.00. The summed E-state index contributed by atoms with van der Waals surface area (Å²) in [7, 11) is 1.63. The Bertz CT molecular complexity index is 784. The number of anilines is 1. The van der Waals surface area contributed by atoms with Crippen molar-refractivity contribution in [2.24, 2.45) is 10.2 Å². The van der Waals surface area contributed by atoms with Gasteiger partial charge in [0.15, 0.2) is 0 Å². The van der Waals surface area contributed by atoms with E-state index in [0.29, 0.717) is 5.69 Å². The van der Waals surface area contributed by atoms with E-state index < -0.39 is 0 Å². The van der Waals surface area contributed by atoms with E-state index in [2.05, 4.69) is 32.7 Å². The van der Waals surface area contributed by atoms with Crippen molar-refractivity contribution >= 4 is 17.2 Å². The maximum atomic E-state index is 5.11. The first kappa shape index (κ1) is 15.7. The van der Waals surface area contributed by atoms with E-state index in [1.165, 1.54) is 5.56 Å². The largest absolute Gasteiger partial charge is 0.497 e. The zero-order chi connectivity index (χ0) is 16.6. The Labute approximate surface area is 141 Å². The van der Waals surface area contributed by atoms with E-state index in [1.807, 2.05) is 54.6 Å². The van der Waals surface area contributed by atoms with Gasteiger partial charge in [0, 0.05) is 6.54 Å². The Hall–Kier alpha value is -3.21. The molecule has 0 aliphatic heterocycles. The van der Waals surface area contributed by atoms with Gasteiger partial charge in [0.2, 0.25) is 0 Å². The van der Waals surface area contributed by atoms with Crippen molar-refractivity contribution in [2.45, 2.75) is 6.54 Å². The van der Waals surface area contributed by atoms with E-state index in [-0.39, 0.29) is 0 Å². The fourth-order valence-electron chi connectivity index (χ4n) is 2.10. The first-order valence-corrected chi connectivity index (χ1v) is 7.63. The summed E-state index contributed by atoms with van der Waals surface area (Å²) in [6, 6.07) is 21.4. The molecule has 1 aromatic heterocycles. The van der Waals surface area contributed by atoms with Crippen molar-refractivity contribution in [3.63, 3.8) is 0 Å². The van der Waals surface area contributed by atoms with Crippen molar-refractivity contribution in [3.8, 4) is 5.75 Å². The van der Waals surface area contributed by atoms with E-state index in [0.717, 1.165) is 23.8 Å². The molecule has 0 atom stereocenters. The third-order valence-corrected chi connectivity index (χ3v) is 3.42. The van der Waals surface area contributed by atoms with Gasteiger partial charge in [0.1, 0.15) is 17.3 Å². The summed E-state index contributed by atoms with van der Waals surface area (Å²) in [4.78, 5) is 4.35. The molecule has 5 nitrogen and oxygen atoms in total. The SMILES string of the molecule is COc1ccc(N=Nc2ccc(NCc3ccccc3)nc2)cc1. The molecule has 0 fully saturated rings. The molecular weight excluding hydrogens is 300 g/mol. The molecule has 0 amide bonds. The maximum Gasteiger partial charge on any atom is 0.126 e. The molecule has 3 aromatic rings. The van der Waals surface area contributed by atoms with Gasteiger partial charge in [-0.1, -0.05) is 30.3 Å². The Morgan fingerprint density at radius 3 is 2.25 bits per heavy atom. The zero-order valence-electron chi connectivity index (χ0n) is 13.4. The number of pyridine rings is 1. The molecule has 5 heteroatoms. The Balaban J connectivity index is 1.58. The van der Waals surface area contributed by atoms with E-state index in [4.69, 9.17) is 4.74 Å². The van der Waals surface area contributed by atoms with Gasteiger partial charge < -0.3 is 10.1 Å². The van der Waals surface area contributed by atoms with Crippen molar-refractivity contribution in [1.82, 2.24) is 4.98 Å². The highest BCUT2D eigenvalue weighted by atomic mass is 16.5. The molecule has 2 aromatic carbocycles. The van der Waals surface area contributed by atoms with E-state index >= 15 is 0 Å². The molecule has 0 aliphatic rings. The van der Waals surface area contributed by atoms with Crippen LogP contribution in [0.2, 0.25) is 0 Å². The number of aromatic nitrogens is 1. The molecule has 1 N–H and O–H groups in total. The highest BCUT2D eigenvalue weighted by Crippen LogP contribution is 2.21. The minimum atomic E-state index is 0.705. The number of azo groups is 1. The smallest absolute Gasteiger partial charge is 0.126 e. The third kappa shape index (κ3) is 4.39. The van der Waals surface area contributed by atoms with Gasteiger partial charge in [0.25, 0.3) is 0 Å². The Morgan fingerprint density at radius 1 is 0.875 bits per heavy atom. The van der Waals surface area contributed by atoms with Crippen LogP contribution in [0.1, 0.15) is 5.56 Å². The molecule has 120 valence electrons. The Morgan fingerprint density at radius 2 is 1.58 bits per heavy atom. The van der Waals surface area contributed by atoms with Gasteiger partial charge in [-0.3, -0.25) is 0 Å². The van der Waals surface area contributed by atoms with Gasteiger partial charge in [-0.2, -0.15) is 5.11 Å². The van der Waals surface area contributed by atoms with Crippen molar-refractivity contribution in [3.05, 3.63) is 78.5 Å². The van der Waals surface area contributed by atoms with Gasteiger partial charge in [0.05, 0.1) is 19.0 Å². The minimum Gasteiger partial charge on any atom is -0.497 e. The minimum absolute atomic E-state index is 0.705. The summed E-state index contributed by atoms with van der Waals surface area (Å²) < 4.78 is 5.11. The fraction of sp³-hybridized carbons (Fsp3) is 0.105. The van der Waals surface area contributed by atoms with Crippen LogP contribution in [0.5, 0.6) is 5.75 Å². The number of nitrogens with one attached hydrogen (secondary N) is 1. The van der Waals surface area contributed by atoms with Crippen LogP contribution in [-0.4, -0.2) is 12.1 Å². The molecular formula is C19H18N4O. The van der Waals surface area contributed by atoms with Crippen LogP contribution in [0.15, 0.2) is 83.2 Å². The quantitative estimate of drug-likeness (QED) is 0.642. The highest BCUT2D eigenvalue weighted by Gasteiger charge is 1.97. The van der Waals surface area contributed by atoms with Gasteiger partial charge >= 0.3 is 0 Å². The monoisotopic (exact) mass is 318 g/mol. The molecule has 0 bridgehead atoms. The topological polar surface area (TPSA) is 58.9 Å². The summed E-state index contributed by atoms with van der Waals surface area (Å²) in [6.45, 7) is 0.737. The molecule has 3 rings (SSSR count). The number of hydrogen-bond donors (Lipinski definition) is 1. The summed E-state index contributed by atoms with van der Waals surface area (Å²) in [5.41, 5.74) is 2.68. The van der Waals surface area contributed by atoms with Crippen LogP contribution in [0.4, 0.5) is 17.2 Å². The highest BCUT2D eigenvalue weighted by molar-refractivity contribution is 5.45. The second-order valence-corrected chi connectivity index (χ2v) is 5.14. The number of benzene rings is 2. The molecule has 0 aliphatic carbocycles. The lowest BCUT2D eigenvalue weighted by atomic mass is 10.2. The van der Waals surface area contributed by atoms with Crippen LogP contribution in [-0.2, 0) is 6.54 Å². The van der Waals surface area contributed by atoms with Crippen molar-refractivity contribution in [1.29, 1.82) is 0 Å². The first-order valence-electron chi connectivity index (χ1n) is 7.63. The molecule has 0 saturated heterocycles. The van der Waals surface area contributed by atoms with Crippen LogP contribution in [0.25, 0.3) is 0 Å². The molecule has 0 saturated carbocycles. The second-order valence-electron chi connectivity index (χ2n) is 5.14. The molecule has 24 heavy (non-hydrogen) atoms. The van der Waals surface area contributed by atoms with Crippen molar-refractivity contribution < 1.29 is 4.74 Å². The normalized spacial score (nSPS) is 10.7. The lowest BCUT2D eigenvalue weighted by molar-refractivity contribution is 0.415. The standard InChI is InChI=1S/C19H18N4O/c1-24-18-10-7-16(8-11-18)22-23-17-9-12-19(21-14-17)20-13-15-5-3-2-4-6-15/h2-12,14H,13H2,1H3,(H,20,21). The van der Waals surface area contributed by atoms with Crippen molar-refractivity contribution in [2.75, 3.05) is 12.4 Å². The number of hydrogen-bond acceptors (Lipinski definition) is 5. The van der Waals surface area contributed by atoms with Crippen LogP contribution < -0.4 is 10.1 Å². The molecule has 0 unspecified atom stereocenters. The van der Waals surface area contributed by atoms with Crippen LogP contribution in [0.3, 0.4) is 0 Å². The average Bonchev–Trinajstić information content (AvgIpc) is 2.67. The van der Waals surface area contributed by atoms with Crippen LogP contribution in [0, 0.1) is 0 Å². The Kier molecular flexibility index (Phi) is 5.14. The van der Waals surface area contributed by atoms with E-state index in [9.17, 15) is 0 Å². The number of rotatable bonds is 6.